The Bertz CT molecular complexity index is 153. The van der Waals surface area contributed by atoms with Crippen molar-refractivity contribution in [1.29, 1.82) is 0 Å². The fourth-order valence-electron chi connectivity index (χ4n) is 2.12. The number of aliphatic hydroxyl groups is 1. The van der Waals surface area contributed by atoms with Gasteiger partial charge in [-0.15, -0.1) is 0 Å². The van der Waals surface area contributed by atoms with E-state index in [1.165, 1.54) is 12.8 Å². The summed E-state index contributed by atoms with van der Waals surface area (Å²) < 4.78 is 5.00. The minimum Gasteiger partial charge on any atom is -0.394 e. The summed E-state index contributed by atoms with van der Waals surface area (Å²) in [6.07, 6.45) is 4.63. The Labute approximate surface area is 86.8 Å². The maximum Gasteiger partial charge on any atom is 0.0613 e. The second-order valence-electron chi connectivity index (χ2n) is 4.54. The van der Waals surface area contributed by atoms with Gasteiger partial charge in [-0.05, 0) is 31.6 Å². The molecule has 0 amide bonds. The third-order valence-electron chi connectivity index (χ3n) is 3.34. The molecule has 0 aromatic carbocycles. The van der Waals surface area contributed by atoms with Gasteiger partial charge >= 0.3 is 0 Å². The Balaban J connectivity index is 2.34. The van der Waals surface area contributed by atoms with E-state index < -0.39 is 0 Å². The highest BCUT2D eigenvalue weighted by atomic mass is 16.5. The molecule has 1 aliphatic carbocycles. The van der Waals surface area contributed by atoms with Crippen molar-refractivity contribution in [3.8, 4) is 0 Å². The van der Waals surface area contributed by atoms with E-state index in [1.807, 2.05) is 0 Å². The van der Waals surface area contributed by atoms with Gasteiger partial charge < -0.3 is 15.2 Å². The Morgan fingerprint density at radius 2 is 2.07 bits per heavy atom. The minimum absolute atomic E-state index is 0.0228. The Hall–Kier alpha value is -0.120. The fraction of sp³-hybridized carbons (Fsp3) is 1.00. The molecular weight excluding hydrogens is 178 g/mol. The highest BCUT2D eigenvalue weighted by Crippen LogP contribution is 2.31. The molecule has 0 unspecified atom stereocenters. The number of methoxy groups -OCH3 is 1. The lowest BCUT2D eigenvalue weighted by Gasteiger charge is -2.39. The van der Waals surface area contributed by atoms with Gasteiger partial charge in [-0.1, -0.05) is 6.92 Å². The van der Waals surface area contributed by atoms with E-state index in [4.69, 9.17) is 4.74 Å². The fourth-order valence-corrected chi connectivity index (χ4v) is 2.12. The van der Waals surface area contributed by atoms with E-state index in [0.29, 0.717) is 0 Å². The molecular formula is C11H23NO2. The lowest BCUT2D eigenvalue weighted by atomic mass is 9.77. The topological polar surface area (TPSA) is 41.5 Å². The van der Waals surface area contributed by atoms with Gasteiger partial charge in [0.1, 0.15) is 0 Å². The first kappa shape index (κ1) is 12.0. The second kappa shape index (κ2) is 5.69. The summed E-state index contributed by atoms with van der Waals surface area (Å²) in [6.45, 7) is 4.10. The van der Waals surface area contributed by atoms with Crippen molar-refractivity contribution in [1.82, 2.24) is 5.32 Å². The summed E-state index contributed by atoms with van der Waals surface area (Å²) in [5.41, 5.74) is -0.0228. The van der Waals surface area contributed by atoms with Crippen molar-refractivity contribution in [2.24, 2.45) is 5.92 Å². The zero-order valence-corrected chi connectivity index (χ0v) is 9.38. The van der Waals surface area contributed by atoms with Crippen molar-refractivity contribution in [2.45, 2.75) is 38.1 Å². The van der Waals surface area contributed by atoms with Gasteiger partial charge in [0.05, 0.1) is 13.2 Å². The molecule has 0 aliphatic heterocycles. The molecule has 1 saturated carbocycles. The van der Waals surface area contributed by atoms with Crippen LogP contribution >= 0.6 is 0 Å². The molecule has 0 bridgehead atoms. The van der Waals surface area contributed by atoms with E-state index in [9.17, 15) is 5.11 Å². The predicted molar refractivity (Wildman–Crippen MR) is 57.3 cm³/mol. The van der Waals surface area contributed by atoms with E-state index in [1.54, 1.807) is 7.11 Å². The largest absolute Gasteiger partial charge is 0.394 e. The molecule has 2 N–H and O–H groups in total. The molecule has 1 aliphatic rings. The minimum atomic E-state index is -0.0228. The quantitative estimate of drug-likeness (QED) is 0.656. The Morgan fingerprint density at radius 1 is 1.43 bits per heavy atom. The van der Waals surface area contributed by atoms with Crippen molar-refractivity contribution < 1.29 is 9.84 Å². The maximum absolute atomic E-state index is 9.42. The van der Waals surface area contributed by atoms with Gasteiger partial charge in [0.25, 0.3) is 0 Å². The summed E-state index contributed by atoms with van der Waals surface area (Å²) in [5, 5.41) is 12.9. The SMILES string of the molecule is COCCNC1(CO)CCC(C)CC1. The van der Waals surface area contributed by atoms with Crippen LogP contribution in [-0.4, -0.2) is 37.5 Å². The van der Waals surface area contributed by atoms with Crippen LogP contribution in [-0.2, 0) is 4.74 Å². The third-order valence-corrected chi connectivity index (χ3v) is 3.34. The summed E-state index contributed by atoms with van der Waals surface area (Å²) in [7, 11) is 1.70. The molecule has 1 fully saturated rings. The standard InChI is InChI=1S/C11H23NO2/c1-10-3-5-11(9-13,6-4-10)12-7-8-14-2/h10,12-13H,3-9H2,1-2H3. The van der Waals surface area contributed by atoms with E-state index in [2.05, 4.69) is 12.2 Å². The molecule has 0 aromatic heterocycles. The van der Waals surface area contributed by atoms with Crippen LogP contribution in [0.3, 0.4) is 0 Å². The summed E-state index contributed by atoms with van der Waals surface area (Å²) in [6, 6.07) is 0. The van der Waals surface area contributed by atoms with Gasteiger partial charge in [0.15, 0.2) is 0 Å². The molecule has 84 valence electrons. The second-order valence-corrected chi connectivity index (χ2v) is 4.54. The zero-order valence-electron chi connectivity index (χ0n) is 9.38. The van der Waals surface area contributed by atoms with Crippen LogP contribution in [0.25, 0.3) is 0 Å². The van der Waals surface area contributed by atoms with Gasteiger partial charge in [-0.2, -0.15) is 0 Å². The van der Waals surface area contributed by atoms with Crippen LogP contribution in [0.15, 0.2) is 0 Å². The normalized spacial score (nSPS) is 33.2. The number of hydrogen-bond acceptors (Lipinski definition) is 3. The summed E-state index contributed by atoms with van der Waals surface area (Å²) in [4.78, 5) is 0. The Morgan fingerprint density at radius 3 is 2.57 bits per heavy atom. The third kappa shape index (κ3) is 3.23. The molecule has 0 saturated heterocycles. The van der Waals surface area contributed by atoms with Crippen LogP contribution in [0.1, 0.15) is 32.6 Å². The molecule has 0 atom stereocenters. The molecule has 3 nitrogen and oxygen atoms in total. The Kier molecular flexibility index (Phi) is 4.85. The van der Waals surface area contributed by atoms with Crippen molar-refractivity contribution >= 4 is 0 Å². The molecule has 3 heteroatoms. The van der Waals surface area contributed by atoms with E-state index >= 15 is 0 Å². The van der Waals surface area contributed by atoms with Gasteiger partial charge in [0.2, 0.25) is 0 Å². The van der Waals surface area contributed by atoms with E-state index in [0.717, 1.165) is 31.9 Å². The molecule has 0 aromatic rings. The lowest BCUT2D eigenvalue weighted by Crippen LogP contribution is -2.51. The first-order valence-electron chi connectivity index (χ1n) is 5.57. The van der Waals surface area contributed by atoms with Crippen molar-refractivity contribution in [3.63, 3.8) is 0 Å². The van der Waals surface area contributed by atoms with Crippen molar-refractivity contribution in [2.75, 3.05) is 26.9 Å². The van der Waals surface area contributed by atoms with Crippen LogP contribution in [0.4, 0.5) is 0 Å². The highest BCUT2D eigenvalue weighted by Gasteiger charge is 2.32. The lowest BCUT2D eigenvalue weighted by molar-refractivity contribution is 0.0946. The summed E-state index contributed by atoms with van der Waals surface area (Å²) in [5.74, 6) is 0.818. The average Bonchev–Trinajstić information content (AvgIpc) is 2.22. The van der Waals surface area contributed by atoms with Crippen LogP contribution in [0.2, 0.25) is 0 Å². The monoisotopic (exact) mass is 201 g/mol. The number of rotatable bonds is 5. The smallest absolute Gasteiger partial charge is 0.0613 e. The molecule has 1 rings (SSSR count). The van der Waals surface area contributed by atoms with Crippen LogP contribution in [0, 0.1) is 5.92 Å². The maximum atomic E-state index is 9.42. The highest BCUT2D eigenvalue weighted by molar-refractivity contribution is 4.91. The van der Waals surface area contributed by atoms with E-state index in [-0.39, 0.29) is 12.1 Å². The predicted octanol–water partition coefficient (Wildman–Crippen LogP) is 1.16. The average molecular weight is 201 g/mol. The number of nitrogens with one attached hydrogen (secondary N) is 1. The number of aliphatic hydroxyl groups excluding tert-OH is 1. The first-order valence-corrected chi connectivity index (χ1v) is 5.57. The van der Waals surface area contributed by atoms with Crippen LogP contribution < -0.4 is 5.32 Å². The first-order chi connectivity index (χ1) is 6.72. The van der Waals surface area contributed by atoms with Gasteiger partial charge in [-0.3, -0.25) is 0 Å². The summed E-state index contributed by atoms with van der Waals surface area (Å²) >= 11 is 0. The number of ether oxygens (including phenoxy) is 1. The van der Waals surface area contributed by atoms with Crippen molar-refractivity contribution in [3.05, 3.63) is 0 Å². The molecule has 0 spiro atoms. The van der Waals surface area contributed by atoms with Gasteiger partial charge in [0, 0.05) is 19.2 Å². The molecule has 0 radical (unpaired) electrons. The zero-order chi connectivity index (χ0) is 10.4. The van der Waals surface area contributed by atoms with Gasteiger partial charge in [-0.25, -0.2) is 0 Å². The molecule has 0 heterocycles. The van der Waals surface area contributed by atoms with Crippen LogP contribution in [0.5, 0.6) is 0 Å². The molecule has 14 heavy (non-hydrogen) atoms. The number of hydrogen-bond donors (Lipinski definition) is 2.